The van der Waals surface area contributed by atoms with Crippen LogP contribution < -0.4 is 0 Å². The molecule has 0 heterocycles. The molecule has 0 aliphatic carbocycles. The average molecular weight is 455 g/mol. The Hall–Kier alpha value is -4.01. The van der Waals surface area contributed by atoms with Crippen LogP contribution >= 0.6 is 0 Å². The van der Waals surface area contributed by atoms with Crippen LogP contribution in [0.25, 0.3) is 0 Å². The molecule has 9 heteroatoms. The van der Waals surface area contributed by atoms with Crippen LogP contribution in [0.1, 0.15) is 47.4 Å². The number of esters is 3. The molecule has 1 atom stereocenters. The zero-order valence-corrected chi connectivity index (χ0v) is 18.3. The van der Waals surface area contributed by atoms with Crippen LogP contribution in [0.5, 0.6) is 0 Å². The van der Waals surface area contributed by atoms with E-state index in [2.05, 4.69) is 0 Å². The van der Waals surface area contributed by atoms with Gasteiger partial charge in [0.25, 0.3) is 0 Å². The minimum atomic E-state index is -1.29. The molecule has 9 nitrogen and oxygen atoms in total. The minimum absolute atomic E-state index is 0.00791. The second kappa shape index (κ2) is 12.1. The van der Waals surface area contributed by atoms with Gasteiger partial charge >= 0.3 is 30.0 Å². The van der Waals surface area contributed by atoms with E-state index in [4.69, 9.17) is 9.47 Å². The van der Waals surface area contributed by atoms with Gasteiger partial charge in [-0.1, -0.05) is 50.2 Å². The molecule has 174 valence electrons. The molecule has 2 aromatic carbocycles. The predicted octanol–water partition coefficient (Wildman–Crippen LogP) is 3.54. The fraction of sp³-hybridized carbons (Fsp3) is 0.292. The Balaban J connectivity index is 2.02. The molecular weight excluding hydrogens is 430 g/mol. The number of rotatable bonds is 9. The Morgan fingerprint density at radius 1 is 0.818 bits per heavy atom. The molecule has 0 aliphatic heterocycles. The highest BCUT2D eigenvalue weighted by Gasteiger charge is 2.34. The molecule has 1 amide bonds. The molecule has 0 bridgehead atoms. The zero-order chi connectivity index (χ0) is 24.4. The lowest BCUT2D eigenvalue weighted by Crippen LogP contribution is -2.49. The number of aliphatic carboxylic acids is 1. The van der Waals surface area contributed by atoms with Crippen LogP contribution in [0.4, 0.5) is 4.79 Å². The van der Waals surface area contributed by atoms with E-state index in [0.29, 0.717) is 0 Å². The van der Waals surface area contributed by atoms with E-state index >= 15 is 0 Å². The Labute approximate surface area is 190 Å². The Morgan fingerprint density at radius 2 is 1.30 bits per heavy atom. The molecule has 0 saturated heterocycles. The average Bonchev–Trinajstić information content (AvgIpc) is 2.78. The molecule has 2 rings (SSSR count). The molecular formula is C24H25NO8. The SMILES string of the molecule is CC(C)[C@@H](C(=O)O)N(CCCC(=O)OC(=O)c1ccccc1)C(=O)OC(=O)c1ccccc1. The number of carbonyl (C=O) groups is 5. The van der Waals surface area contributed by atoms with Crippen molar-refractivity contribution in [1.82, 2.24) is 4.90 Å². The molecule has 0 fully saturated rings. The van der Waals surface area contributed by atoms with Gasteiger partial charge in [0.05, 0.1) is 11.1 Å². The van der Waals surface area contributed by atoms with Gasteiger partial charge in [-0.2, -0.15) is 0 Å². The van der Waals surface area contributed by atoms with Crippen molar-refractivity contribution >= 4 is 30.0 Å². The van der Waals surface area contributed by atoms with Gasteiger partial charge in [-0.05, 0) is 36.6 Å². The van der Waals surface area contributed by atoms with E-state index in [0.717, 1.165) is 4.90 Å². The first kappa shape index (κ1) is 25.3. The minimum Gasteiger partial charge on any atom is -0.480 e. The van der Waals surface area contributed by atoms with Crippen molar-refractivity contribution in [2.24, 2.45) is 5.92 Å². The van der Waals surface area contributed by atoms with E-state index in [1.807, 2.05) is 0 Å². The van der Waals surface area contributed by atoms with Gasteiger partial charge in [-0.15, -0.1) is 0 Å². The maximum Gasteiger partial charge on any atom is 0.418 e. The number of benzene rings is 2. The molecule has 2 aromatic rings. The van der Waals surface area contributed by atoms with Crippen molar-refractivity contribution in [3.05, 3.63) is 71.8 Å². The summed E-state index contributed by atoms with van der Waals surface area (Å²) in [7, 11) is 0. The number of ether oxygens (including phenoxy) is 2. The number of carboxylic acids is 1. The van der Waals surface area contributed by atoms with Gasteiger partial charge in [0, 0.05) is 13.0 Å². The van der Waals surface area contributed by atoms with Crippen LogP contribution in [-0.4, -0.2) is 52.6 Å². The lowest BCUT2D eigenvalue weighted by atomic mass is 10.0. The second-order valence-electron chi connectivity index (χ2n) is 7.47. The maximum atomic E-state index is 12.7. The number of hydrogen-bond acceptors (Lipinski definition) is 7. The third kappa shape index (κ3) is 7.57. The van der Waals surface area contributed by atoms with E-state index in [1.54, 1.807) is 50.2 Å². The fourth-order valence-electron chi connectivity index (χ4n) is 3.07. The van der Waals surface area contributed by atoms with Crippen LogP contribution in [-0.2, 0) is 19.1 Å². The number of hydrogen-bond donors (Lipinski definition) is 1. The number of carboxylic acid groups (broad SMARTS) is 1. The molecule has 0 aromatic heterocycles. The van der Waals surface area contributed by atoms with Crippen molar-refractivity contribution in [2.75, 3.05) is 6.54 Å². The highest BCUT2D eigenvalue weighted by atomic mass is 16.6. The molecule has 1 N–H and O–H groups in total. The predicted molar refractivity (Wildman–Crippen MR) is 116 cm³/mol. The van der Waals surface area contributed by atoms with Crippen LogP contribution in [0.2, 0.25) is 0 Å². The zero-order valence-electron chi connectivity index (χ0n) is 18.3. The van der Waals surface area contributed by atoms with Crippen molar-refractivity contribution in [1.29, 1.82) is 0 Å². The van der Waals surface area contributed by atoms with Gasteiger partial charge in [0.15, 0.2) is 0 Å². The lowest BCUT2D eigenvalue weighted by Gasteiger charge is -2.30. The summed E-state index contributed by atoms with van der Waals surface area (Å²) in [5.41, 5.74) is 0.339. The summed E-state index contributed by atoms with van der Waals surface area (Å²) in [6.07, 6.45) is -1.40. The summed E-state index contributed by atoms with van der Waals surface area (Å²) in [6, 6.07) is 14.4. The second-order valence-corrected chi connectivity index (χ2v) is 7.47. The van der Waals surface area contributed by atoms with Gasteiger partial charge in [-0.3, -0.25) is 9.69 Å². The first-order valence-corrected chi connectivity index (χ1v) is 10.3. The first-order valence-electron chi connectivity index (χ1n) is 10.3. The van der Waals surface area contributed by atoms with E-state index in [9.17, 15) is 29.1 Å². The summed E-state index contributed by atoms with van der Waals surface area (Å²) in [5, 5.41) is 9.60. The third-order valence-electron chi connectivity index (χ3n) is 4.64. The van der Waals surface area contributed by atoms with E-state index < -0.39 is 41.9 Å². The summed E-state index contributed by atoms with van der Waals surface area (Å²) in [4.78, 5) is 61.5. The van der Waals surface area contributed by atoms with Gasteiger partial charge < -0.3 is 14.6 Å². The maximum absolute atomic E-state index is 12.7. The highest BCUT2D eigenvalue weighted by Crippen LogP contribution is 2.16. The standard InChI is InChI=1S/C24H25NO8/c1-16(2)20(21(27)28)25(24(31)33-23(30)18-12-7-4-8-13-18)15-9-14-19(26)32-22(29)17-10-5-3-6-11-17/h3-8,10-13,16,20H,9,14-15H2,1-2H3,(H,27,28)/t20-/m0/s1. The number of nitrogens with zero attached hydrogens (tertiary/aromatic N) is 1. The van der Waals surface area contributed by atoms with Crippen molar-refractivity contribution in [3.8, 4) is 0 Å². The normalized spacial score (nSPS) is 11.4. The molecule has 0 saturated carbocycles. The Morgan fingerprint density at radius 3 is 1.76 bits per heavy atom. The molecule has 0 radical (unpaired) electrons. The first-order chi connectivity index (χ1) is 15.7. The summed E-state index contributed by atoms with van der Waals surface area (Å²) < 4.78 is 9.65. The van der Waals surface area contributed by atoms with Crippen LogP contribution in [0.3, 0.4) is 0 Å². The summed E-state index contributed by atoms with van der Waals surface area (Å²) >= 11 is 0. The Kier molecular flexibility index (Phi) is 9.29. The van der Waals surface area contributed by atoms with Crippen molar-refractivity contribution < 1.29 is 38.6 Å². The lowest BCUT2D eigenvalue weighted by molar-refractivity contribution is -0.144. The number of amides is 1. The quantitative estimate of drug-likeness (QED) is 0.449. The fourth-order valence-corrected chi connectivity index (χ4v) is 3.07. The van der Waals surface area contributed by atoms with Gasteiger partial charge in [-0.25, -0.2) is 19.2 Å². The van der Waals surface area contributed by atoms with Crippen molar-refractivity contribution in [3.63, 3.8) is 0 Å². The van der Waals surface area contributed by atoms with Gasteiger partial charge in [0.1, 0.15) is 6.04 Å². The molecule has 33 heavy (non-hydrogen) atoms. The number of carbonyl (C=O) groups excluding carboxylic acids is 4. The van der Waals surface area contributed by atoms with Crippen LogP contribution in [0, 0.1) is 5.92 Å². The van der Waals surface area contributed by atoms with Crippen molar-refractivity contribution in [2.45, 2.75) is 32.7 Å². The van der Waals surface area contributed by atoms with Crippen LogP contribution in [0.15, 0.2) is 60.7 Å². The summed E-state index contributed by atoms with van der Waals surface area (Å²) in [5.74, 6) is -4.35. The largest absolute Gasteiger partial charge is 0.480 e. The topological polar surface area (TPSA) is 127 Å². The summed E-state index contributed by atoms with van der Waals surface area (Å²) in [6.45, 7) is 3.00. The smallest absolute Gasteiger partial charge is 0.418 e. The molecule has 0 aliphatic rings. The molecule has 0 spiro atoms. The highest BCUT2D eigenvalue weighted by molar-refractivity contribution is 5.97. The van der Waals surface area contributed by atoms with E-state index in [1.165, 1.54) is 24.3 Å². The molecule has 0 unspecified atom stereocenters. The third-order valence-corrected chi connectivity index (χ3v) is 4.64. The Bertz CT molecular complexity index is 988. The van der Waals surface area contributed by atoms with E-state index in [-0.39, 0.29) is 30.5 Å². The van der Waals surface area contributed by atoms with Gasteiger partial charge in [0.2, 0.25) is 0 Å². The monoisotopic (exact) mass is 455 g/mol.